The van der Waals surface area contributed by atoms with Crippen LogP contribution < -0.4 is 0 Å². The first-order valence-electron chi connectivity index (χ1n) is 3.83. The lowest BCUT2D eigenvalue weighted by Gasteiger charge is -2.25. The first kappa shape index (κ1) is 10.8. The molecule has 0 aromatic heterocycles. The van der Waals surface area contributed by atoms with Crippen LogP contribution in [0.25, 0.3) is 0 Å². The van der Waals surface area contributed by atoms with Crippen LogP contribution in [0.15, 0.2) is 0 Å². The first-order chi connectivity index (χ1) is 4.76. The largest absolute Gasteiger partial charge is 0.391 e. The molecule has 0 aromatic carbocycles. The molecule has 0 unspecified atom stereocenters. The highest BCUT2D eigenvalue weighted by atomic mass is 19.4. The third-order valence-corrected chi connectivity index (χ3v) is 2.36. The summed E-state index contributed by atoms with van der Waals surface area (Å²) in [7, 11) is 0. The van der Waals surface area contributed by atoms with Crippen LogP contribution in [-0.2, 0) is 0 Å². The van der Waals surface area contributed by atoms with Crippen molar-refractivity contribution < 1.29 is 13.2 Å². The van der Waals surface area contributed by atoms with Gasteiger partial charge in [-0.25, -0.2) is 0 Å². The summed E-state index contributed by atoms with van der Waals surface area (Å²) >= 11 is 0. The van der Waals surface area contributed by atoms with E-state index in [9.17, 15) is 13.2 Å². The molecule has 68 valence electrons. The summed E-state index contributed by atoms with van der Waals surface area (Å²) in [5.41, 5.74) is 0. The fourth-order valence-electron chi connectivity index (χ4n) is 0.875. The predicted octanol–water partition coefficient (Wildman–Crippen LogP) is 3.48. The fraction of sp³-hybridized carbons (Fsp3) is 1.00. The van der Waals surface area contributed by atoms with E-state index < -0.39 is 12.1 Å². The predicted molar refractivity (Wildman–Crippen MR) is 39.2 cm³/mol. The van der Waals surface area contributed by atoms with Crippen molar-refractivity contribution in [1.82, 2.24) is 0 Å². The van der Waals surface area contributed by atoms with Gasteiger partial charge in [0, 0.05) is 0 Å². The van der Waals surface area contributed by atoms with Crippen molar-refractivity contribution in [2.75, 3.05) is 0 Å². The molecule has 0 saturated heterocycles. The van der Waals surface area contributed by atoms with Crippen LogP contribution in [0.4, 0.5) is 13.2 Å². The van der Waals surface area contributed by atoms with Gasteiger partial charge in [-0.1, -0.05) is 27.7 Å². The Morgan fingerprint density at radius 2 is 1.27 bits per heavy atom. The molecule has 0 aliphatic heterocycles. The molecule has 0 saturated carbocycles. The normalized spacial score (nSPS) is 18.5. The van der Waals surface area contributed by atoms with Gasteiger partial charge >= 0.3 is 6.18 Å². The molecular weight excluding hydrogens is 153 g/mol. The molecule has 0 amide bonds. The lowest BCUT2D eigenvalue weighted by atomic mass is 9.86. The first-order valence-corrected chi connectivity index (χ1v) is 3.83. The molecule has 0 radical (unpaired) electrons. The van der Waals surface area contributed by atoms with E-state index >= 15 is 0 Å². The van der Waals surface area contributed by atoms with E-state index in [1.807, 2.05) is 13.8 Å². The second-order valence-electron chi connectivity index (χ2n) is 3.43. The molecule has 3 heteroatoms. The van der Waals surface area contributed by atoms with Crippen molar-refractivity contribution in [3.8, 4) is 0 Å². The van der Waals surface area contributed by atoms with E-state index in [2.05, 4.69) is 0 Å². The molecular formula is C8H15F3. The number of rotatable bonds is 2. The Morgan fingerprint density at radius 3 is 1.36 bits per heavy atom. The van der Waals surface area contributed by atoms with Crippen LogP contribution in [0.1, 0.15) is 27.7 Å². The third kappa shape index (κ3) is 3.12. The van der Waals surface area contributed by atoms with Crippen molar-refractivity contribution >= 4 is 0 Å². The minimum Gasteiger partial charge on any atom is -0.171 e. The van der Waals surface area contributed by atoms with Crippen LogP contribution >= 0.6 is 0 Å². The fourth-order valence-corrected chi connectivity index (χ4v) is 0.875. The van der Waals surface area contributed by atoms with Crippen LogP contribution in [0, 0.1) is 17.8 Å². The van der Waals surface area contributed by atoms with Crippen molar-refractivity contribution in [2.24, 2.45) is 17.8 Å². The Labute approximate surface area is 65.8 Å². The van der Waals surface area contributed by atoms with Crippen molar-refractivity contribution in [2.45, 2.75) is 33.9 Å². The zero-order chi connectivity index (χ0) is 9.23. The molecule has 2 atom stereocenters. The van der Waals surface area contributed by atoms with Gasteiger partial charge < -0.3 is 0 Å². The molecule has 0 fully saturated rings. The highest BCUT2D eigenvalue weighted by Gasteiger charge is 2.39. The molecule has 11 heavy (non-hydrogen) atoms. The Morgan fingerprint density at radius 1 is 0.909 bits per heavy atom. The highest BCUT2D eigenvalue weighted by molar-refractivity contribution is 4.71. The van der Waals surface area contributed by atoms with Gasteiger partial charge in [0.2, 0.25) is 0 Å². The summed E-state index contributed by atoms with van der Waals surface area (Å²) in [6.07, 6.45) is -4.04. The van der Waals surface area contributed by atoms with E-state index in [-0.39, 0.29) is 11.8 Å². The second kappa shape index (κ2) is 3.46. The smallest absolute Gasteiger partial charge is 0.171 e. The summed E-state index contributed by atoms with van der Waals surface area (Å²) in [6.45, 7) is 6.51. The molecule has 0 aliphatic carbocycles. The van der Waals surface area contributed by atoms with E-state index in [0.717, 1.165) is 0 Å². The van der Waals surface area contributed by atoms with Crippen molar-refractivity contribution in [1.29, 1.82) is 0 Å². The average Bonchev–Trinajstić information content (AvgIpc) is 1.82. The Hall–Kier alpha value is -0.210. The zero-order valence-corrected chi connectivity index (χ0v) is 7.37. The minimum atomic E-state index is -4.04. The Balaban J connectivity index is 4.13. The quantitative estimate of drug-likeness (QED) is 0.592. The Kier molecular flexibility index (Phi) is 3.39. The monoisotopic (exact) mass is 168 g/mol. The Bertz CT molecular complexity index is 115. The summed E-state index contributed by atoms with van der Waals surface area (Å²) < 4.78 is 36.2. The molecule has 0 spiro atoms. The van der Waals surface area contributed by atoms with Gasteiger partial charge in [-0.15, -0.1) is 0 Å². The van der Waals surface area contributed by atoms with Crippen LogP contribution in [0.2, 0.25) is 0 Å². The highest BCUT2D eigenvalue weighted by Crippen LogP contribution is 2.34. The molecule has 0 aromatic rings. The number of hydrogen-bond acceptors (Lipinski definition) is 0. The van der Waals surface area contributed by atoms with Crippen LogP contribution in [0.3, 0.4) is 0 Å². The van der Waals surface area contributed by atoms with Gasteiger partial charge in [0.1, 0.15) is 0 Å². The van der Waals surface area contributed by atoms with Gasteiger partial charge in [-0.2, -0.15) is 13.2 Å². The second-order valence-corrected chi connectivity index (χ2v) is 3.43. The van der Waals surface area contributed by atoms with E-state index in [1.54, 1.807) is 6.92 Å². The van der Waals surface area contributed by atoms with Gasteiger partial charge in [0.15, 0.2) is 0 Å². The molecule has 0 heterocycles. The summed E-state index contributed by atoms with van der Waals surface area (Å²) in [4.78, 5) is 0. The molecule has 0 N–H and O–H groups in total. The van der Waals surface area contributed by atoms with Gasteiger partial charge in [-0.05, 0) is 11.8 Å². The number of halogens is 3. The average molecular weight is 168 g/mol. The van der Waals surface area contributed by atoms with Gasteiger partial charge in [0.05, 0.1) is 5.92 Å². The lowest BCUT2D eigenvalue weighted by Crippen LogP contribution is -2.28. The summed E-state index contributed by atoms with van der Waals surface area (Å²) in [5.74, 6) is -1.40. The molecule has 0 aliphatic rings. The van der Waals surface area contributed by atoms with Gasteiger partial charge in [-0.3, -0.25) is 0 Å². The maximum atomic E-state index is 12.1. The standard InChI is InChI=1S/C8H15F3/c1-5(2)6(3)7(4)8(9,10)11/h5-7H,1-4H3/t6-,7+/m0/s1. The maximum Gasteiger partial charge on any atom is 0.391 e. The van der Waals surface area contributed by atoms with Crippen LogP contribution in [0.5, 0.6) is 0 Å². The van der Waals surface area contributed by atoms with Crippen molar-refractivity contribution in [3.05, 3.63) is 0 Å². The minimum absolute atomic E-state index is 0.0895. The third-order valence-electron chi connectivity index (χ3n) is 2.36. The molecule has 0 nitrogen and oxygen atoms in total. The van der Waals surface area contributed by atoms with Gasteiger partial charge in [0.25, 0.3) is 0 Å². The van der Waals surface area contributed by atoms with E-state index in [1.165, 1.54) is 6.92 Å². The molecule has 0 bridgehead atoms. The molecule has 0 rings (SSSR count). The zero-order valence-electron chi connectivity index (χ0n) is 7.37. The van der Waals surface area contributed by atoms with Crippen molar-refractivity contribution in [3.63, 3.8) is 0 Å². The summed E-state index contributed by atoms with van der Waals surface area (Å²) in [5, 5.41) is 0. The number of hydrogen-bond donors (Lipinski definition) is 0. The van der Waals surface area contributed by atoms with E-state index in [4.69, 9.17) is 0 Å². The van der Waals surface area contributed by atoms with E-state index in [0.29, 0.717) is 0 Å². The van der Waals surface area contributed by atoms with Crippen LogP contribution in [-0.4, -0.2) is 6.18 Å². The SMILES string of the molecule is CC(C)[C@H](C)[C@@H](C)C(F)(F)F. The number of alkyl halides is 3. The maximum absolute atomic E-state index is 12.1. The summed E-state index contributed by atoms with van der Waals surface area (Å²) in [6, 6.07) is 0. The topological polar surface area (TPSA) is 0 Å². The lowest BCUT2D eigenvalue weighted by molar-refractivity contribution is -0.185.